The number of H-pyrrole nitrogens is 1. The number of likely N-dealkylation sites (tertiary alicyclic amines) is 1. The van der Waals surface area contributed by atoms with Crippen molar-refractivity contribution >= 4 is 28.7 Å². The van der Waals surface area contributed by atoms with Gasteiger partial charge in [0.1, 0.15) is 5.54 Å². The van der Waals surface area contributed by atoms with Crippen LogP contribution in [-0.4, -0.2) is 69.8 Å². The molecule has 7 heteroatoms. The summed E-state index contributed by atoms with van der Waals surface area (Å²) in [6, 6.07) is 7.73. The molecule has 3 heterocycles. The maximum atomic E-state index is 12.9. The number of para-hydroxylation sites is 1. The first-order valence-electron chi connectivity index (χ1n) is 10.3. The van der Waals surface area contributed by atoms with Gasteiger partial charge in [-0.25, -0.2) is 4.79 Å². The molecule has 7 nitrogen and oxygen atoms in total. The number of benzene rings is 1. The molecule has 154 valence electrons. The molecule has 0 bridgehead atoms. The number of hydrogen-bond acceptors (Lipinski definition) is 3. The Labute approximate surface area is 170 Å². The standard InChI is InChI=1S/C22H28N4O3/c1-15(2)14-26-21(29)24(3)20(28)22(26)8-10-25(11-9-22)19(27)12-16-13-23-18-7-5-4-6-17(16)18/h4-7,13,15,23H,8-12,14H2,1-3H3. The predicted molar refractivity (Wildman–Crippen MR) is 110 cm³/mol. The van der Waals surface area contributed by atoms with Crippen LogP contribution in [-0.2, 0) is 16.0 Å². The Morgan fingerprint density at radius 3 is 2.55 bits per heavy atom. The lowest BCUT2D eigenvalue weighted by molar-refractivity contribution is -0.140. The summed E-state index contributed by atoms with van der Waals surface area (Å²) in [4.78, 5) is 46.5. The molecular formula is C22H28N4O3. The van der Waals surface area contributed by atoms with Gasteiger partial charge in [0, 0.05) is 43.8 Å². The van der Waals surface area contributed by atoms with E-state index in [1.54, 1.807) is 11.9 Å². The first-order chi connectivity index (χ1) is 13.8. The molecule has 4 rings (SSSR count). The lowest BCUT2D eigenvalue weighted by Crippen LogP contribution is -2.58. The molecule has 4 amide bonds. The largest absolute Gasteiger partial charge is 0.361 e. The molecule has 0 saturated carbocycles. The third kappa shape index (κ3) is 3.18. The second-order valence-corrected chi connectivity index (χ2v) is 8.60. The number of fused-ring (bicyclic) bond motifs is 1. The molecule has 1 aromatic heterocycles. The molecule has 0 aliphatic carbocycles. The fraction of sp³-hybridized carbons (Fsp3) is 0.500. The molecular weight excluding hydrogens is 368 g/mol. The first-order valence-corrected chi connectivity index (χ1v) is 10.3. The third-order valence-electron chi connectivity index (χ3n) is 6.24. The van der Waals surface area contributed by atoms with Crippen LogP contribution in [0.15, 0.2) is 30.5 Å². The summed E-state index contributed by atoms with van der Waals surface area (Å²) in [6.45, 7) is 5.62. The SMILES string of the molecule is CC(C)CN1C(=O)N(C)C(=O)C12CCN(C(=O)Cc1c[nH]c3ccccc13)CC2. The van der Waals surface area contributed by atoms with Crippen LogP contribution in [0.4, 0.5) is 4.79 Å². The summed E-state index contributed by atoms with van der Waals surface area (Å²) in [6.07, 6.45) is 3.22. The Morgan fingerprint density at radius 2 is 1.86 bits per heavy atom. The Hall–Kier alpha value is -2.83. The van der Waals surface area contributed by atoms with E-state index in [0.29, 0.717) is 38.9 Å². The van der Waals surface area contributed by atoms with Crippen LogP contribution in [0.25, 0.3) is 10.9 Å². The fourth-order valence-electron chi connectivity index (χ4n) is 4.66. The number of urea groups is 1. The maximum absolute atomic E-state index is 12.9. The molecule has 0 radical (unpaired) electrons. The minimum Gasteiger partial charge on any atom is -0.361 e. The van der Waals surface area contributed by atoms with Crippen molar-refractivity contribution in [3.63, 3.8) is 0 Å². The number of nitrogens with zero attached hydrogens (tertiary/aromatic N) is 3. The predicted octanol–water partition coefficient (Wildman–Crippen LogP) is 2.62. The van der Waals surface area contributed by atoms with E-state index in [9.17, 15) is 14.4 Å². The number of likely N-dealkylation sites (N-methyl/N-ethyl adjacent to an activating group) is 1. The molecule has 2 aromatic rings. The van der Waals surface area contributed by atoms with Crippen molar-refractivity contribution in [2.24, 2.45) is 5.92 Å². The van der Waals surface area contributed by atoms with Gasteiger partial charge in [-0.2, -0.15) is 0 Å². The van der Waals surface area contributed by atoms with Crippen molar-refractivity contribution in [3.05, 3.63) is 36.0 Å². The van der Waals surface area contributed by atoms with Crippen LogP contribution in [0.2, 0.25) is 0 Å². The van der Waals surface area contributed by atoms with Gasteiger partial charge in [0.2, 0.25) is 5.91 Å². The second-order valence-electron chi connectivity index (χ2n) is 8.60. The Morgan fingerprint density at radius 1 is 1.17 bits per heavy atom. The van der Waals surface area contributed by atoms with Gasteiger partial charge in [-0.15, -0.1) is 0 Å². The summed E-state index contributed by atoms with van der Waals surface area (Å²) in [5.41, 5.74) is 1.21. The molecule has 1 aromatic carbocycles. The Balaban J connectivity index is 1.47. The summed E-state index contributed by atoms with van der Waals surface area (Å²) in [5, 5.41) is 1.07. The number of carbonyl (C=O) groups is 3. The van der Waals surface area contributed by atoms with E-state index in [-0.39, 0.29) is 23.8 Å². The van der Waals surface area contributed by atoms with E-state index in [4.69, 9.17) is 0 Å². The van der Waals surface area contributed by atoms with Gasteiger partial charge >= 0.3 is 6.03 Å². The van der Waals surface area contributed by atoms with Crippen LogP contribution in [0.3, 0.4) is 0 Å². The highest BCUT2D eigenvalue weighted by Gasteiger charge is 2.57. The van der Waals surface area contributed by atoms with E-state index in [1.165, 1.54) is 4.90 Å². The zero-order valence-electron chi connectivity index (χ0n) is 17.3. The monoisotopic (exact) mass is 396 g/mol. The Kier molecular flexibility index (Phi) is 4.84. The summed E-state index contributed by atoms with van der Waals surface area (Å²) in [5.74, 6) is 0.202. The average molecular weight is 396 g/mol. The van der Waals surface area contributed by atoms with Crippen molar-refractivity contribution in [3.8, 4) is 0 Å². The molecule has 2 aliphatic heterocycles. The zero-order chi connectivity index (χ0) is 20.8. The molecule has 0 unspecified atom stereocenters. The van der Waals surface area contributed by atoms with Crippen molar-refractivity contribution in [1.82, 2.24) is 19.7 Å². The molecule has 1 spiro atoms. The highest BCUT2D eigenvalue weighted by molar-refractivity contribution is 6.07. The number of aromatic nitrogens is 1. The minimum atomic E-state index is -0.798. The number of hydrogen-bond donors (Lipinski definition) is 1. The maximum Gasteiger partial charge on any atom is 0.327 e. The van der Waals surface area contributed by atoms with E-state index < -0.39 is 5.54 Å². The highest BCUT2D eigenvalue weighted by Crippen LogP contribution is 2.37. The van der Waals surface area contributed by atoms with Crippen molar-refractivity contribution < 1.29 is 14.4 Å². The topological polar surface area (TPSA) is 76.7 Å². The van der Waals surface area contributed by atoms with E-state index in [1.807, 2.05) is 49.2 Å². The van der Waals surface area contributed by atoms with Gasteiger partial charge in [0.05, 0.1) is 6.42 Å². The van der Waals surface area contributed by atoms with Crippen LogP contribution >= 0.6 is 0 Å². The average Bonchev–Trinajstić information content (AvgIpc) is 3.19. The van der Waals surface area contributed by atoms with Crippen LogP contribution in [0.1, 0.15) is 32.3 Å². The van der Waals surface area contributed by atoms with Gasteiger partial charge < -0.3 is 14.8 Å². The number of piperidine rings is 1. The van der Waals surface area contributed by atoms with Crippen LogP contribution in [0.5, 0.6) is 0 Å². The number of nitrogens with one attached hydrogen (secondary N) is 1. The number of amides is 4. The second kappa shape index (κ2) is 7.21. The van der Waals surface area contributed by atoms with Crippen LogP contribution in [0, 0.1) is 5.92 Å². The lowest BCUT2D eigenvalue weighted by Gasteiger charge is -2.42. The van der Waals surface area contributed by atoms with E-state index in [2.05, 4.69) is 4.98 Å². The van der Waals surface area contributed by atoms with E-state index >= 15 is 0 Å². The summed E-state index contributed by atoms with van der Waals surface area (Å²) >= 11 is 0. The molecule has 2 fully saturated rings. The Bertz CT molecular complexity index is 956. The summed E-state index contributed by atoms with van der Waals surface area (Å²) in [7, 11) is 1.56. The van der Waals surface area contributed by atoms with Crippen molar-refractivity contribution in [1.29, 1.82) is 0 Å². The van der Waals surface area contributed by atoms with Crippen molar-refractivity contribution in [2.75, 3.05) is 26.7 Å². The molecule has 2 saturated heterocycles. The number of rotatable bonds is 4. The molecule has 1 N–H and O–H groups in total. The molecule has 29 heavy (non-hydrogen) atoms. The van der Waals surface area contributed by atoms with Crippen molar-refractivity contribution in [2.45, 2.75) is 38.6 Å². The van der Waals surface area contributed by atoms with E-state index in [0.717, 1.165) is 16.5 Å². The minimum absolute atomic E-state index is 0.0603. The quantitative estimate of drug-likeness (QED) is 0.807. The summed E-state index contributed by atoms with van der Waals surface area (Å²) < 4.78 is 0. The molecule has 2 aliphatic rings. The van der Waals surface area contributed by atoms with Gasteiger partial charge in [0.15, 0.2) is 0 Å². The van der Waals surface area contributed by atoms with Gasteiger partial charge in [-0.3, -0.25) is 14.5 Å². The van der Waals surface area contributed by atoms with Gasteiger partial charge in [-0.05, 0) is 30.4 Å². The fourth-order valence-corrected chi connectivity index (χ4v) is 4.66. The van der Waals surface area contributed by atoms with Gasteiger partial charge in [0.25, 0.3) is 5.91 Å². The van der Waals surface area contributed by atoms with Crippen LogP contribution < -0.4 is 0 Å². The third-order valence-corrected chi connectivity index (χ3v) is 6.24. The van der Waals surface area contributed by atoms with Gasteiger partial charge in [-0.1, -0.05) is 32.0 Å². The number of imide groups is 1. The molecule has 0 atom stereocenters. The normalized spacial score (nSPS) is 19.2. The first kappa shape index (κ1) is 19.5. The number of carbonyl (C=O) groups excluding carboxylic acids is 3. The number of aromatic amines is 1. The zero-order valence-corrected chi connectivity index (χ0v) is 17.3. The highest BCUT2D eigenvalue weighted by atomic mass is 16.2. The lowest BCUT2D eigenvalue weighted by atomic mass is 9.85. The smallest absolute Gasteiger partial charge is 0.327 e.